The van der Waals surface area contributed by atoms with Gasteiger partial charge < -0.3 is 5.32 Å². The molecular weight excluding hydrogens is 308 g/mol. The molecule has 0 aliphatic carbocycles. The van der Waals surface area contributed by atoms with E-state index >= 15 is 0 Å². The number of hydrogen-bond donors (Lipinski definition) is 1. The maximum absolute atomic E-state index is 5.98. The van der Waals surface area contributed by atoms with Gasteiger partial charge in [-0.15, -0.1) is 0 Å². The third-order valence-corrected chi connectivity index (χ3v) is 3.94. The Balaban J connectivity index is 2.38. The van der Waals surface area contributed by atoms with E-state index in [0.717, 1.165) is 31.6 Å². The van der Waals surface area contributed by atoms with Crippen molar-refractivity contribution >= 4 is 44.0 Å². The number of benzene rings is 1. The molecule has 1 aromatic heterocycles. The van der Waals surface area contributed by atoms with Crippen molar-refractivity contribution in [1.82, 2.24) is 4.98 Å². The first kappa shape index (κ1) is 11.9. The summed E-state index contributed by atoms with van der Waals surface area (Å²) < 4.78 is 1.03. The lowest BCUT2D eigenvalue weighted by Gasteiger charge is -2.01. The summed E-state index contributed by atoms with van der Waals surface area (Å²) in [6, 6.07) is 5.75. The second-order valence-electron chi connectivity index (χ2n) is 3.18. The van der Waals surface area contributed by atoms with Crippen LogP contribution in [0, 0.1) is 0 Å². The molecule has 0 fully saturated rings. The first-order valence-electron chi connectivity index (χ1n) is 4.86. The third kappa shape index (κ3) is 2.56. The molecule has 5 heteroatoms. The SMILES string of the molecule is CCNc1ncc(-c2cc(Cl)ccc2Br)s1. The Kier molecular flexibility index (Phi) is 3.84. The Morgan fingerprint density at radius 1 is 1.50 bits per heavy atom. The monoisotopic (exact) mass is 316 g/mol. The Morgan fingerprint density at radius 2 is 2.31 bits per heavy atom. The summed E-state index contributed by atoms with van der Waals surface area (Å²) in [5.41, 5.74) is 1.08. The van der Waals surface area contributed by atoms with Gasteiger partial charge in [-0.3, -0.25) is 0 Å². The van der Waals surface area contributed by atoms with Crippen molar-refractivity contribution < 1.29 is 0 Å². The van der Waals surface area contributed by atoms with Gasteiger partial charge in [0.05, 0.1) is 4.88 Å². The molecular formula is C11H10BrClN2S. The van der Waals surface area contributed by atoms with Crippen LogP contribution in [0.1, 0.15) is 6.92 Å². The van der Waals surface area contributed by atoms with Gasteiger partial charge in [0.2, 0.25) is 0 Å². The predicted molar refractivity (Wildman–Crippen MR) is 74.4 cm³/mol. The second-order valence-corrected chi connectivity index (χ2v) is 5.51. The van der Waals surface area contributed by atoms with E-state index < -0.39 is 0 Å². The number of aromatic nitrogens is 1. The van der Waals surface area contributed by atoms with Gasteiger partial charge in [-0.1, -0.05) is 38.9 Å². The summed E-state index contributed by atoms with van der Waals surface area (Å²) in [7, 11) is 0. The van der Waals surface area contributed by atoms with Crippen LogP contribution >= 0.6 is 38.9 Å². The van der Waals surface area contributed by atoms with Crippen molar-refractivity contribution in [3.05, 3.63) is 33.9 Å². The number of halogens is 2. The first-order valence-corrected chi connectivity index (χ1v) is 6.84. The molecule has 0 aliphatic rings. The van der Waals surface area contributed by atoms with Crippen LogP contribution < -0.4 is 5.32 Å². The molecule has 0 amide bonds. The molecule has 1 heterocycles. The Morgan fingerprint density at radius 3 is 3.06 bits per heavy atom. The minimum atomic E-state index is 0.733. The molecule has 0 bridgehead atoms. The normalized spacial score (nSPS) is 10.4. The van der Waals surface area contributed by atoms with Crippen LogP contribution in [0.15, 0.2) is 28.9 Å². The van der Waals surface area contributed by atoms with Crippen LogP contribution in [-0.4, -0.2) is 11.5 Å². The van der Waals surface area contributed by atoms with Crippen LogP contribution in [0.5, 0.6) is 0 Å². The summed E-state index contributed by atoms with van der Waals surface area (Å²) in [5, 5.41) is 4.86. The third-order valence-electron chi connectivity index (χ3n) is 2.03. The molecule has 1 N–H and O–H groups in total. The topological polar surface area (TPSA) is 24.9 Å². The maximum atomic E-state index is 5.98. The highest BCUT2D eigenvalue weighted by molar-refractivity contribution is 9.10. The van der Waals surface area contributed by atoms with Gasteiger partial charge in [-0.2, -0.15) is 0 Å². The highest BCUT2D eigenvalue weighted by Crippen LogP contribution is 2.35. The van der Waals surface area contributed by atoms with Gasteiger partial charge in [0.25, 0.3) is 0 Å². The van der Waals surface area contributed by atoms with Crippen molar-refractivity contribution in [3.8, 4) is 10.4 Å². The van der Waals surface area contributed by atoms with Gasteiger partial charge in [0, 0.05) is 27.8 Å². The molecule has 2 nitrogen and oxygen atoms in total. The molecule has 2 aromatic rings. The Hall–Kier alpha value is -0.580. The van der Waals surface area contributed by atoms with E-state index in [4.69, 9.17) is 11.6 Å². The predicted octanol–water partition coefficient (Wildman–Crippen LogP) is 4.66. The largest absolute Gasteiger partial charge is 0.362 e. The van der Waals surface area contributed by atoms with Crippen molar-refractivity contribution in [3.63, 3.8) is 0 Å². The number of nitrogens with one attached hydrogen (secondary N) is 1. The molecule has 0 unspecified atom stereocenters. The van der Waals surface area contributed by atoms with Gasteiger partial charge >= 0.3 is 0 Å². The zero-order valence-electron chi connectivity index (χ0n) is 8.63. The lowest BCUT2D eigenvalue weighted by Crippen LogP contribution is -1.94. The number of hydrogen-bond acceptors (Lipinski definition) is 3. The lowest BCUT2D eigenvalue weighted by molar-refractivity contribution is 1.19. The molecule has 1 aromatic carbocycles. The minimum Gasteiger partial charge on any atom is -0.362 e. The number of rotatable bonds is 3. The summed E-state index contributed by atoms with van der Waals surface area (Å²) >= 11 is 11.1. The lowest BCUT2D eigenvalue weighted by atomic mass is 10.2. The van der Waals surface area contributed by atoms with Gasteiger partial charge in [0.15, 0.2) is 5.13 Å². The highest BCUT2D eigenvalue weighted by Gasteiger charge is 2.08. The van der Waals surface area contributed by atoms with Gasteiger partial charge in [0.1, 0.15) is 0 Å². The zero-order valence-corrected chi connectivity index (χ0v) is 11.8. The molecule has 0 aliphatic heterocycles. The maximum Gasteiger partial charge on any atom is 0.183 e. The number of thiazole rings is 1. The summed E-state index contributed by atoms with van der Waals surface area (Å²) in [6.07, 6.45) is 1.86. The fourth-order valence-corrected chi connectivity index (χ4v) is 3.00. The van der Waals surface area contributed by atoms with Crippen LogP contribution in [0.2, 0.25) is 5.02 Å². The first-order chi connectivity index (χ1) is 7.70. The molecule has 84 valence electrons. The average Bonchev–Trinajstić information content (AvgIpc) is 2.71. The quantitative estimate of drug-likeness (QED) is 0.890. The number of anilines is 1. The average molecular weight is 318 g/mol. The summed E-state index contributed by atoms with van der Waals surface area (Å²) in [6.45, 7) is 2.93. The van der Waals surface area contributed by atoms with E-state index in [-0.39, 0.29) is 0 Å². The van der Waals surface area contributed by atoms with Crippen LogP contribution in [-0.2, 0) is 0 Å². The smallest absolute Gasteiger partial charge is 0.183 e. The van der Waals surface area contributed by atoms with Gasteiger partial charge in [-0.05, 0) is 25.1 Å². The second kappa shape index (κ2) is 5.17. The van der Waals surface area contributed by atoms with E-state index in [1.807, 2.05) is 24.4 Å². The Bertz CT molecular complexity index is 498. The van der Waals surface area contributed by atoms with Crippen LogP contribution in [0.3, 0.4) is 0 Å². The van der Waals surface area contributed by atoms with Crippen LogP contribution in [0.25, 0.3) is 10.4 Å². The molecule has 0 saturated heterocycles. The Labute approximate surface area is 112 Å². The standard InChI is InChI=1S/C11H10BrClN2S/c1-2-14-11-15-6-10(16-11)8-5-7(13)3-4-9(8)12/h3-6H,2H2,1H3,(H,14,15). The zero-order chi connectivity index (χ0) is 11.5. The van der Waals surface area contributed by atoms with Crippen molar-refractivity contribution in [1.29, 1.82) is 0 Å². The van der Waals surface area contributed by atoms with E-state index in [1.165, 1.54) is 0 Å². The molecule has 0 radical (unpaired) electrons. The minimum absolute atomic E-state index is 0.733. The highest BCUT2D eigenvalue weighted by atomic mass is 79.9. The fourth-order valence-electron chi connectivity index (χ4n) is 1.32. The van der Waals surface area contributed by atoms with E-state index in [2.05, 4.69) is 33.2 Å². The van der Waals surface area contributed by atoms with Crippen molar-refractivity contribution in [2.75, 3.05) is 11.9 Å². The van der Waals surface area contributed by atoms with Crippen molar-refractivity contribution in [2.24, 2.45) is 0 Å². The van der Waals surface area contributed by atoms with Crippen molar-refractivity contribution in [2.45, 2.75) is 6.92 Å². The van der Waals surface area contributed by atoms with Gasteiger partial charge in [-0.25, -0.2) is 4.98 Å². The molecule has 0 spiro atoms. The van der Waals surface area contributed by atoms with E-state index in [9.17, 15) is 0 Å². The number of nitrogens with zero attached hydrogens (tertiary/aromatic N) is 1. The molecule has 16 heavy (non-hydrogen) atoms. The molecule has 0 saturated carbocycles. The molecule has 0 atom stereocenters. The summed E-state index contributed by atoms with van der Waals surface area (Å²) in [4.78, 5) is 5.40. The summed E-state index contributed by atoms with van der Waals surface area (Å²) in [5.74, 6) is 0. The van der Waals surface area contributed by atoms with E-state index in [0.29, 0.717) is 0 Å². The van der Waals surface area contributed by atoms with E-state index in [1.54, 1.807) is 11.3 Å². The van der Waals surface area contributed by atoms with Crippen LogP contribution in [0.4, 0.5) is 5.13 Å². The molecule has 2 rings (SSSR count). The fraction of sp³-hybridized carbons (Fsp3) is 0.182.